The van der Waals surface area contributed by atoms with Crippen LogP contribution in [-0.4, -0.2) is 32.3 Å². The van der Waals surface area contributed by atoms with Crippen LogP contribution < -0.4 is 15.0 Å². The van der Waals surface area contributed by atoms with E-state index in [0.29, 0.717) is 23.8 Å². The molecule has 1 saturated heterocycles. The average Bonchev–Trinajstić information content (AvgIpc) is 2.53. The van der Waals surface area contributed by atoms with E-state index >= 15 is 0 Å². The van der Waals surface area contributed by atoms with Gasteiger partial charge in [0.1, 0.15) is 0 Å². The number of hydrogen-bond acceptors (Lipinski definition) is 3. The highest BCUT2D eigenvalue weighted by molar-refractivity contribution is 5.51. The zero-order valence-electron chi connectivity index (χ0n) is 13.5. The Morgan fingerprint density at radius 2 is 2.19 bits per heavy atom. The molecule has 0 bridgehead atoms. The van der Waals surface area contributed by atoms with E-state index in [1.165, 1.54) is 7.11 Å². The van der Waals surface area contributed by atoms with Gasteiger partial charge in [-0.3, -0.25) is 0 Å². The Morgan fingerprint density at radius 3 is 2.76 bits per heavy atom. The summed E-state index contributed by atoms with van der Waals surface area (Å²) < 4.78 is 19.0. The molecule has 4 heteroatoms. The molecule has 1 aliphatic rings. The summed E-state index contributed by atoms with van der Waals surface area (Å²) in [6.07, 6.45) is 2.20. The van der Waals surface area contributed by atoms with Crippen LogP contribution in [0.4, 0.5) is 10.1 Å². The number of halogens is 1. The topological polar surface area (TPSA) is 24.5 Å². The van der Waals surface area contributed by atoms with E-state index in [4.69, 9.17) is 4.74 Å². The lowest BCUT2D eigenvalue weighted by Gasteiger charge is -2.43. The zero-order valence-corrected chi connectivity index (χ0v) is 13.5. The first-order valence-electron chi connectivity index (χ1n) is 7.94. The van der Waals surface area contributed by atoms with Crippen LogP contribution >= 0.6 is 0 Å². The van der Waals surface area contributed by atoms with Gasteiger partial charge in [-0.1, -0.05) is 27.2 Å². The molecule has 0 radical (unpaired) electrons. The fraction of sp³-hybridized carbons (Fsp3) is 0.647. The summed E-state index contributed by atoms with van der Waals surface area (Å²) >= 11 is 0. The predicted molar refractivity (Wildman–Crippen MR) is 85.6 cm³/mol. The maximum atomic E-state index is 14.0. The Balaban J connectivity index is 2.22. The molecule has 1 N–H and O–H groups in total. The molecule has 1 aromatic rings. The minimum absolute atomic E-state index is 0.288. The van der Waals surface area contributed by atoms with Crippen molar-refractivity contribution in [1.82, 2.24) is 5.32 Å². The minimum atomic E-state index is -0.288. The van der Waals surface area contributed by atoms with Gasteiger partial charge in [0.25, 0.3) is 0 Å². The summed E-state index contributed by atoms with van der Waals surface area (Å²) in [7, 11) is 1.50. The lowest BCUT2D eigenvalue weighted by molar-refractivity contribution is 0.306. The molecular weight excluding hydrogens is 267 g/mol. The van der Waals surface area contributed by atoms with Crippen molar-refractivity contribution in [3.63, 3.8) is 0 Å². The molecule has 0 saturated carbocycles. The molecule has 21 heavy (non-hydrogen) atoms. The summed E-state index contributed by atoms with van der Waals surface area (Å²) in [6, 6.07) is 6.16. The number of rotatable bonds is 5. The van der Waals surface area contributed by atoms with Crippen molar-refractivity contribution < 1.29 is 9.13 Å². The standard InChI is InChI=1S/C17H27FN2O/c1-5-12(3)16-11-20(13(6-2)10-19-16)14-7-8-17(21-4)15(18)9-14/h7-9,12-13,16,19H,5-6,10-11H2,1-4H3. The van der Waals surface area contributed by atoms with Crippen LogP contribution in [0.5, 0.6) is 5.75 Å². The number of nitrogens with one attached hydrogen (secondary N) is 1. The number of anilines is 1. The second kappa shape index (κ2) is 7.12. The molecule has 0 aliphatic carbocycles. The van der Waals surface area contributed by atoms with Gasteiger partial charge >= 0.3 is 0 Å². The van der Waals surface area contributed by atoms with Gasteiger partial charge < -0.3 is 15.0 Å². The van der Waals surface area contributed by atoms with Gasteiger partial charge in [0, 0.05) is 36.9 Å². The van der Waals surface area contributed by atoms with E-state index in [1.807, 2.05) is 6.07 Å². The Bertz CT molecular complexity index is 466. The summed E-state index contributed by atoms with van der Waals surface area (Å²) in [5.74, 6) is 0.636. The molecule has 1 aromatic carbocycles. The highest BCUT2D eigenvalue weighted by Gasteiger charge is 2.29. The van der Waals surface area contributed by atoms with Gasteiger partial charge in [0.15, 0.2) is 11.6 Å². The molecule has 0 aromatic heterocycles. The van der Waals surface area contributed by atoms with E-state index < -0.39 is 0 Å². The maximum absolute atomic E-state index is 14.0. The lowest BCUT2D eigenvalue weighted by Crippen LogP contribution is -2.58. The second-order valence-electron chi connectivity index (χ2n) is 5.93. The molecule has 1 fully saturated rings. The number of ether oxygens (including phenoxy) is 1. The fourth-order valence-corrected chi connectivity index (χ4v) is 3.00. The summed E-state index contributed by atoms with van der Waals surface area (Å²) in [5, 5.41) is 3.65. The van der Waals surface area contributed by atoms with Crippen LogP contribution in [0.3, 0.4) is 0 Å². The number of nitrogens with zero attached hydrogens (tertiary/aromatic N) is 1. The SMILES string of the molecule is CCC(C)C1CN(c2ccc(OC)c(F)c2)C(CC)CN1. The van der Waals surface area contributed by atoms with Crippen LogP contribution in [0, 0.1) is 11.7 Å². The van der Waals surface area contributed by atoms with Crippen LogP contribution in [-0.2, 0) is 0 Å². The van der Waals surface area contributed by atoms with Crippen LogP contribution in [0.15, 0.2) is 18.2 Å². The third-order valence-electron chi connectivity index (χ3n) is 4.72. The monoisotopic (exact) mass is 294 g/mol. The van der Waals surface area contributed by atoms with Crippen LogP contribution in [0.25, 0.3) is 0 Å². The molecule has 3 unspecified atom stereocenters. The summed E-state index contributed by atoms with van der Waals surface area (Å²) in [6.45, 7) is 8.56. The molecule has 3 nitrogen and oxygen atoms in total. The first kappa shape index (κ1) is 16.1. The van der Waals surface area contributed by atoms with Gasteiger partial charge in [0.2, 0.25) is 0 Å². The van der Waals surface area contributed by atoms with E-state index in [0.717, 1.165) is 31.6 Å². The van der Waals surface area contributed by atoms with Gasteiger partial charge in [0.05, 0.1) is 7.11 Å². The highest BCUT2D eigenvalue weighted by atomic mass is 19.1. The zero-order chi connectivity index (χ0) is 15.4. The van der Waals surface area contributed by atoms with Gasteiger partial charge in [-0.05, 0) is 24.5 Å². The van der Waals surface area contributed by atoms with Crippen molar-refractivity contribution in [1.29, 1.82) is 0 Å². The quantitative estimate of drug-likeness (QED) is 0.900. The number of methoxy groups -OCH3 is 1. The normalized spacial score (nSPS) is 24.0. The molecule has 118 valence electrons. The average molecular weight is 294 g/mol. The fourth-order valence-electron chi connectivity index (χ4n) is 3.00. The third-order valence-corrected chi connectivity index (χ3v) is 4.72. The van der Waals surface area contributed by atoms with E-state index in [2.05, 4.69) is 31.0 Å². The van der Waals surface area contributed by atoms with Crippen LogP contribution in [0.2, 0.25) is 0 Å². The highest BCUT2D eigenvalue weighted by Crippen LogP contribution is 2.28. The van der Waals surface area contributed by atoms with Crippen molar-refractivity contribution >= 4 is 5.69 Å². The molecule has 1 heterocycles. The molecule has 1 aliphatic heterocycles. The largest absolute Gasteiger partial charge is 0.494 e. The molecule has 2 rings (SSSR count). The smallest absolute Gasteiger partial charge is 0.167 e. The van der Waals surface area contributed by atoms with Crippen molar-refractivity contribution in [3.05, 3.63) is 24.0 Å². The Morgan fingerprint density at radius 1 is 1.43 bits per heavy atom. The predicted octanol–water partition coefficient (Wildman–Crippen LogP) is 3.44. The first-order valence-corrected chi connectivity index (χ1v) is 7.94. The maximum Gasteiger partial charge on any atom is 0.167 e. The number of piperazine rings is 1. The van der Waals surface area contributed by atoms with Crippen molar-refractivity contribution in [3.8, 4) is 5.75 Å². The van der Waals surface area contributed by atoms with Crippen molar-refractivity contribution in [2.45, 2.75) is 45.7 Å². The molecule has 3 atom stereocenters. The second-order valence-corrected chi connectivity index (χ2v) is 5.93. The van der Waals surface area contributed by atoms with Gasteiger partial charge in [-0.25, -0.2) is 4.39 Å². The van der Waals surface area contributed by atoms with E-state index in [1.54, 1.807) is 12.1 Å². The number of benzene rings is 1. The van der Waals surface area contributed by atoms with Crippen LogP contribution in [0.1, 0.15) is 33.6 Å². The molecular formula is C17H27FN2O. The molecule has 0 amide bonds. The van der Waals surface area contributed by atoms with Crippen molar-refractivity contribution in [2.24, 2.45) is 5.92 Å². The van der Waals surface area contributed by atoms with E-state index in [-0.39, 0.29) is 5.82 Å². The lowest BCUT2D eigenvalue weighted by atomic mass is 9.94. The Hall–Kier alpha value is -1.29. The third kappa shape index (κ3) is 3.49. The molecule has 0 spiro atoms. The minimum Gasteiger partial charge on any atom is -0.494 e. The van der Waals surface area contributed by atoms with E-state index in [9.17, 15) is 4.39 Å². The van der Waals surface area contributed by atoms with Gasteiger partial charge in [-0.15, -0.1) is 0 Å². The first-order chi connectivity index (χ1) is 10.1. The van der Waals surface area contributed by atoms with Gasteiger partial charge in [-0.2, -0.15) is 0 Å². The Kier molecular flexibility index (Phi) is 5.45. The van der Waals surface area contributed by atoms with Crippen molar-refractivity contribution in [2.75, 3.05) is 25.1 Å². The Labute approximate surface area is 127 Å². The summed E-state index contributed by atoms with van der Waals surface area (Å²) in [5.41, 5.74) is 0.954. The summed E-state index contributed by atoms with van der Waals surface area (Å²) in [4.78, 5) is 2.34. The number of hydrogen-bond donors (Lipinski definition) is 1.